The van der Waals surface area contributed by atoms with E-state index >= 15 is 0 Å². The largest absolute Gasteiger partial charge is 0.480 e. The van der Waals surface area contributed by atoms with Crippen LogP contribution in [0.1, 0.15) is 20.3 Å². The van der Waals surface area contributed by atoms with E-state index < -0.39 is 61.1 Å². The number of nitrogens with one attached hydrogen (secondary N) is 1. The van der Waals surface area contributed by atoms with Crippen molar-refractivity contribution in [1.82, 2.24) is 5.32 Å². The molecule has 5 atom stereocenters. The van der Waals surface area contributed by atoms with Crippen LogP contribution in [0.4, 0.5) is 0 Å². The summed E-state index contributed by atoms with van der Waals surface area (Å²) in [6.45, 7) is 6.36. The number of carbonyl (C=O) groups is 2. The van der Waals surface area contributed by atoms with Gasteiger partial charge in [-0.05, 0) is 12.5 Å². The lowest BCUT2D eigenvalue weighted by atomic mass is 9.87. The van der Waals surface area contributed by atoms with Crippen LogP contribution in [0.2, 0.25) is 0 Å². The second-order valence-corrected chi connectivity index (χ2v) is 8.65. The second kappa shape index (κ2) is 20.4. The number of guanidine groups is 1. The van der Waals surface area contributed by atoms with E-state index in [1.807, 2.05) is 6.92 Å². The van der Waals surface area contributed by atoms with E-state index in [1.54, 1.807) is 6.92 Å². The molecule has 0 bridgehead atoms. The van der Waals surface area contributed by atoms with Crippen molar-refractivity contribution >= 4 is 17.8 Å². The van der Waals surface area contributed by atoms with Gasteiger partial charge in [0.2, 0.25) is 11.7 Å². The van der Waals surface area contributed by atoms with Crippen LogP contribution in [0.5, 0.6) is 0 Å². The lowest BCUT2D eigenvalue weighted by Crippen LogP contribution is -2.51. The highest BCUT2D eigenvalue weighted by atomic mass is 16.6. The molecule has 1 aliphatic rings. The molecule has 0 aromatic heterocycles. The van der Waals surface area contributed by atoms with Crippen LogP contribution in [0.25, 0.3) is 0 Å². The minimum absolute atomic E-state index is 0.199. The number of aliphatic carboxylic acids is 1. The van der Waals surface area contributed by atoms with Crippen molar-refractivity contribution in [2.24, 2.45) is 22.4 Å². The van der Waals surface area contributed by atoms with Gasteiger partial charge in [-0.15, -0.1) is 0 Å². The summed E-state index contributed by atoms with van der Waals surface area (Å²) in [6, 6.07) is -0.788. The number of carbonyl (C=O) groups excluding carboxylic acids is 1. The van der Waals surface area contributed by atoms with Gasteiger partial charge in [-0.2, -0.15) is 0 Å². The number of amides is 1. The molecule has 1 aliphatic heterocycles. The topological polar surface area (TPSA) is 227 Å². The zero-order valence-electron chi connectivity index (χ0n) is 22.7. The average molecular weight is 565 g/mol. The molecule has 15 nitrogen and oxygen atoms in total. The Labute approximate surface area is 228 Å². The van der Waals surface area contributed by atoms with Crippen molar-refractivity contribution < 1.29 is 53.3 Å². The highest BCUT2D eigenvalue weighted by molar-refractivity contribution is 5.85. The van der Waals surface area contributed by atoms with E-state index in [0.29, 0.717) is 39.6 Å². The van der Waals surface area contributed by atoms with Crippen LogP contribution in [0.15, 0.2) is 16.8 Å². The molecule has 0 radical (unpaired) electrons. The quantitative estimate of drug-likeness (QED) is 0.0474. The number of ether oxygens (including phenoxy) is 6. The maximum atomic E-state index is 12.2. The molecule has 1 heterocycles. The number of rotatable bonds is 22. The van der Waals surface area contributed by atoms with Gasteiger partial charge in [-0.25, -0.2) is 9.79 Å². The number of carboxylic acid groups (broad SMARTS) is 1. The molecule has 0 saturated heterocycles. The molecule has 0 aromatic rings. The van der Waals surface area contributed by atoms with Gasteiger partial charge in [-0.3, -0.25) is 4.79 Å². The van der Waals surface area contributed by atoms with E-state index in [1.165, 1.54) is 6.08 Å². The van der Waals surface area contributed by atoms with Gasteiger partial charge in [0.25, 0.3) is 0 Å². The van der Waals surface area contributed by atoms with E-state index in [0.717, 1.165) is 13.0 Å². The summed E-state index contributed by atoms with van der Waals surface area (Å²) in [6.07, 6.45) is -1.59. The first kappa shape index (κ1) is 34.5. The molecular weight excluding hydrogens is 520 g/mol. The van der Waals surface area contributed by atoms with Crippen molar-refractivity contribution in [3.05, 3.63) is 11.8 Å². The van der Waals surface area contributed by atoms with Crippen LogP contribution in [0, 0.1) is 5.92 Å². The normalized spacial score (nSPS) is 20.4. The summed E-state index contributed by atoms with van der Waals surface area (Å²) in [5.74, 6) is -3.15. The first-order valence-electron chi connectivity index (χ1n) is 12.9. The van der Waals surface area contributed by atoms with Crippen molar-refractivity contribution in [2.75, 3.05) is 72.6 Å². The zero-order valence-corrected chi connectivity index (χ0v) is 22.7. The number of nitrogens with two attached hydrogens (primary N) is 2. The summed E-state index contributed by atoms with van der Waals surface area (Å²) in [7, 11) is 0. The van der Waals surface area contributed by atoms with E-state index in [4.69, 9.17) is 39.9 Å². The van der Waals surface area contributed by atoms with Gasteiger partial charge in [0.15, 0.2) is 5.96 Å². The molecule has 0 unspecified atom stereocenters. The van der Waals surface area contributed by atoms with E-state index in [-0.39, 0.29) is 19.1 Å². The maximum absolute atomic E-state index is 12.2. The molecule has 0 aromatic carbocycles. The Bertz CT molecular complexity index is 764. The number of carboxylic acids is 1. The third-order valence-corrected chi connectivity index (χ3v) is 5.48. The number of hydrogen-bond donors (Lipinski definition) is 6. The Kier molecular flexibility index (Phi) is 18.0. The minimum atomic E-state index is -1.47. The fourth-order valence-electron chi connectivity index (χ4n) is 3.53. The number of aliphatic hydroxyl groups is 2. The Hall–Kier alpha value is -2.53. The molecule has 0 saturated carbocycles. The van der Waals surface area contributed by atoms with Gasteiger partial charge in [0.05, 0.1) is 58.9 Å². The van der Waals surface area contributed by atoms with E-state index in [2.05, 4.69) is 10.3 Å². The van der Waals surface area contributed by atoms with Crippen molar-refractivity contribution in [1.29, 1.82) is 0 Å². The summed E-state index contributed by atoms with van der Waals surface area (Å²) in [4.78, 5) is 27.8. The molecule has 0 spiro atoms. The molecule has 0 fully saturated rings. The fraction of sp³-hybridized carbons (Fsp3) is 0.792. The highest BCUT2D eigenvalue weighted by Gasteiger charge is 2.42. The molecule has 1 rings (SSSR count). The second-order valence-electron chi connectivity index (χ2n) is 8.65. The van der Waals surface area contributed by atoms with Crippen LogP contribution in [-0.4, -0.2) is 130 Å². The molecule has 8 N–H and O–H groups in total. The van der Waals surface area contributed by atoms with Crippen LogP contribution in [-0.2, 0) is 38.0 Å². The average Bonchev–Trinajstić information content (AvgIpc) is 2.90. The Morgan fingerprint density at radius 1 is 1.05 bits per heavy atom. The first-order chi connectivity index (χ1) is 18.7. The van der Waals surface area contributed by atoms with Crippen molar-refractivity contribution in [3.8, 4) is 0 Å². The molecule has 226 valence electrons. The molecular formula is C24H44N4O11. The predicted octanol–water partition coefficient (Wildman–Crippen LogP) is -2.04. The van der Waals surface area contributed by atoms with Gasteiger partial charge in [0, 0.05) is 19.1 Å². The first-order valence-corrected chi connectivity index (χ1v) is 12.9. The van der Waals surface area contributed by atoms with Gasteiger partial charge < -0.3 is 60.5 Å². The Morgan fingerprint density at radius 3 is 2.13 bits per heavy atom. The van der Waals surface area contributed by atoms with Crippen LogP contribution >= 0.6 is 0 Å². The highest BCUT2D eigenvalue weighted by Crippen LogP contribution is 2.30. The molecule has 1 amide bonds. The van der Waals surface area contributed by atoms with Crippen LogP contribution < -0.4 is 16.8 Å². The van der Waals surface area contributed by atoms with Crippen molar-refractivity contribution in [3.63, 3.8) is 0 Å². The number of nitrogens with zero attached hydrogens (tertiary/aromatic N) is 1. The third-order valence-electron chi connectivity index (χ3n) is 5.48. The fourth-order valence-corrected chi connectivity index (χ4v) is 3.53. The number of aliphatic imine (C=N–C) groups is 1. The molecule has 15 heteroatoms. The SMILES string of the molecule is CCCOCCOCCOCCOCCNC(=O)CO[C@@H]([C@@H]1OC(C(=O)O)=C[C@H](N=C(N)N)[C@H]1C)[C@H](O)CO. The number of aliphatic hydroxyl groups excluding tert-OH is 2. The minimum Gasteiger partial charge on any atom is -0.480 e. The molecule has 0 aliphatic carbocycles. The van der Waals surface area contributed by atoms with Gasteiger partial charge in [0.1, 0.15) is 24.9 Å². The third kappa shape index (κ3) is 14.4. The number of hydrogen-bond acceptors (Lipinski definition) is 11. The van der Waals surface area contributed by atoms with E-state index in [9.17, 15) is 24.9 Å². The zero-order chi connectivity index (χ0) is 29.0. The summed E-state index contributed by atoms with van der Waals surface area (Å²) in [5, 5.41) is 31.8. The Balaban J connectivity index is 2.36. The standard InChI is InChI=1S/C24H44N4O11/c1-3-5-34-7-9-36-11-12-37-10-8-35-6-4-27-20(31)15-38-22(18(30)14-29)21-16(2)17(28-24(25)26)13-19(39-21)23(32)33/h13,16-18,21-22,29-30H,3-12,14-15H2,1-2H3,(H,27,31)(H,32,33)(H4,25,26,28)/t16-,17+,18-,21-,22-/m1/s1. The summed E-state index contributed by atoms with van der Waals surface area (Å²) in [5.41, 5.74) is 10.9. The monoisotopic (exact) mass is 564 g/mol. The lowest BCUT2D eigenvalue weighted by molar-refractivity contribution is -0.160. The van der Waals surface area contributed by atoms with Gasteiger partial charge in [-0.1, -0.05) is 13.8 Å². The lowest BCUT2D eigenvalue weighted by Gasteiger charge is -2.38. The maximum Gasteiger partial charge on any atom is 0.370 e. The van der Waals surface area contributed by atoms with Crippen LogP contribution in [0.3, 0.4) is 0 Å². The van der Waals surface area contributed by atoms with Crippen molar-refractivity contribution in [2.45, 2.75) is 44.6 Å². The van der Waals surface area contributed by atoms with Gasteiger partial charge >= 0.3 is 5.97 Å². The molecule has 39 heavy (non-hydrogen) atoms. The summed E-state index contributed by atoms with van der Waals surface area (Å²) >= 11 is 0. The predicted molar refractivity (Wildman–Crippen MR) is 139 cm³/mol. The smallest absolute Gasteiger partial charge is 0.370 e. The Morgan fingerprint density at radius 2 is 1.62 bits per heavy atom. The summed E-state index contributed by atoms with van der Waals surface area (Å²) < 4.78 is 32.5.